The highest BCUT2D eigenvalue weighted by Gasteiger charge is 2.51. The van der Waals surface area contributed by atoms with Crippen LogP contribution < -0.4 is 0 Å². The minimum atomic E-state index is -5.46. The number of hydrogen-bond donors (Lipinski definition) is 0. The Labute approximate surface area is 110 Å². The van der Waals surface area contributed by atoms with E-state index in [0.717, 1.165) is 18.4 Å². The van der Waals surface area contributed by atoms with Crippen LogP contribution in [-0.2, 0) is 14.3 Å². The van der Waals surface area contributed by atoms with Crippen molar-refractivity contribution in [2.45, 2.75) is 38.6 Å². The van der Waals surface area contributed by atoms with E-state index in [-0.39, 0.29) is 11.8 Å². The highest BCUT2D eigenvalue weighted by atomic mass is 32.2. The molecule has 0 aromatic rings. The van der Waals surface area contributed by atoms with Gasteiger partial charge in [0.15, 0.2) is 0 Å². The summed E-state index contributed by atoms with van der Waals surface area (Å²) in [6.45, 7) is 3.85. The van der Waals surface area contributed by atoms with Crippen molar-refractivity contribution in [3.05, 3.63) is 11.6 Å². The third-order valence-corrected chi connectivity index (χ3v) is 5.54. The van der Waals surface area contributed by atoms with Gasteiger partial charge in [0.05, 0.1) is 6.61 Å². The molecule has 110 valence electrons. The molecule has 2 atom stereocenters. The number of allylic oxidation sites excluding steroid dienone is 1. The van der Waals surface area contributed by atoms with Crippen LogP contribution >= 0.6 is 0 Å². The second-order valence-electron chi connectivity index (χ2n) is 5.79. The summed E-state index contributed by atoms with van der Waals surface area (Å²) in [5.41, 5.74) is -4.13. The highest BCUT2D eigenvalue weighted by molar-refractivity contribution is 7.87. The van der Waals surface area contributed by atoms with Crippen LogP contribution in [-0.4, -0.2) is 20.5 Å². The van der Waals surface area contributed by atoms with E-state index in [1.165, 1.54) is 0 Å². The van der Waals surface area contributed by atoms with Crippen LogP contribution in [0, 0.1) is 17.3 Å². The lowest BCUT2D eigenvalue weighted by molar-refractivity contribution is -0.0545. The molecule has 1 unspecified atom stereocenters. The molecule has 0 aromatic heterocycles. The average molecular weight is 298 g/mol. The Balaban J connectivity index is 1.90. The first kappa shape index (κ1) is 14.8. The van der Waals surface area contributed by atoms with Gasteiger partial charge in [-0.1, -0.05) is 25.5 Å². The fourth-order valence-electron chi connectivity index (χ4n) is 3.09. The van der Waals surface area contributed by atoms with E-state index in [1.54, 1.807) is 0 Å². The molecule has 3 aliphatic carbocycles. The first-order valence-corrected chi connectivity index (χ1v) is 7.61. The standard InChI is InChI=1S/C12H17F3O3S/c1-11(2)9-4-3-8(10(11)7-9)5-6-18-19(16,17)12(13,14)15/h3,9-10H,4-7H2,1-2H3/t9-,10?/m1/s1. The van der Waals surface area contributed by atoms with Crippen molar-refractivity contribution in [2.24, 2.45) is 17.3 Å². The topological polar surface area (TPSA) is 43.4 Å². The predicted molar refractivity (Wildman–Crippen MR) is 63.6 cm³/mol. The molecule has 3 nitrogen and oxygen atoms in total. The Kier molecular flexibility index (Phi) is 3.50. The third kappa shape index (κ3) is 2.54. The van der Waals surface area contributed by atoms with E-state index in [2.05, 4.69) is 18.0 Å². The molecule has 2 bridgehead atoms. The predicted octanol–water partition coefficient (Wildman–Crippen LogP) is 3.24. The van der Waals surface area contributed by atoms with Gasteiger partial charge < -0.3 is 0 Å². The Morgan fingerprint density at radius 3 is 2.53 bits per heavy atom. The van der Waals surface area contributed by atoms with E-state index in [1.807, 2.05) is 6.08 Å². The fraction of sp³-hybridized carbons (Fsp3) is 0.833. The molecule has 7 heteroatoms. The molecule has 1 fully saturated rings. The number of hydrogen-bond acceptors (Lipinski definition) is 3. The summed E-state index contributed by atoms with van der Waals surface area (Å²) in [5.74, 6) is 0.990. The van der Waals surface area contributed by atoms with Gasteiger partial charge in [-0.15, -0.1) is 0 Å². The first-order valence-electron chi connectivity index (χ1n) is 6.20. The monoisotopic (exact) mass is 298 g/mol. The van der Waals surface area contributed by atoms with Crippen LogP contribution in [0.1, 0.15) is 33.1 Å². The molecule has 0 spiro atoms. The SMILES string of the molecule is CC1(C)C2C[C@H]1CC=C2CCOS(=O)(=O)C(F)(F)F. The van der Waals surface area contributed by atoms with Crippen LogP contribution in [0.2, 0.25) is 0 Å². The van der Waals surface area contributed by atoms with Gasteiger partial charge in [0.25, 0.3) is 0 Å². The number of alkyl halides is 3. The van der Waals surface area contributed by atoms with E-state index in [0.29, 0.717) is 11.8 Å². The van der Waals surface area contributed by atoms with Crippen LogP contribution in [0.5, 0.6) is 0 Å². The molecular formula is C12H17F3O3S. The highest BCUT2D eigenvalue weighted by Crippen LogP contribution is 2.59. The van der Waals surface area contributed by atoms with Gasteiger partial charge in [-0.25, -0.2) is 0 Å². The molecule has 0 aliphatic heterocycles. The summed E-state index contributed by atoms with van der Waals surface area (Å²) in [6, 6.07) is 0. The van der Waals surface area contributed by atoms with Crippen molar-refractivity contribution in [2.75, 3.05) is 6.61 Å². The van der Waals surface area contributed by atoms with Gasteiger partial charge >= 0.3 is 15.6 Å². The number of halogens is 3. The molecule has 0 heterocycles. The van der Waals surface area contributed by atoms with E-state index >= 15 is 0 Å². The van der Waals surface area contributed by atoms with Crippen LogP contribution in [0.25, 0.3) is 0 Å². The van der Waals surface area contributed by atoms with Crippen molar-refractivity contribution in [3.63, 3.8) is 0 Å². The largest absolute Gasteiger partial charge is 0.523 e. The van der Waals surface area contributed by atoms with Crippen molar-refractivity contribution < 1.29 is 25.8 Å². The van der Waals surface area contributed by atoms with E-state index < -0.39 is 22.2 Å². The number of fused-ring (bicyclic) bond motifs is 1. The van der Waals surface area contributed by atoms with Crippen LogP contribution in [0.3, 0.4) is 0 Å². The lowest BCUT2D eigenvalue weighted by atomic mass is 9.48. The van der Waals surface area contributed by atoms with Gasteiger partial charge in [-0.3, -0.25) is 4.18 Å². The summed E-state index contributed by atoms with van der Waals surface area (Å²) in [5, 5.41) is 0. The second-order valence-corrected chi connectivity index (χ2v) is 7.40. The summed E-state index contributed by atoms with van der Waals surface area (Å²) in [4.78, 5) is 0. The number of rotatable bonds is 4. The maximum absolute atomic E-state index is 12.1. The van der Waals surface area contributed by atoms with Gasteiger partial charge in [-0.2, -0.15) is 21.6 Å². The lowest BCUT2D eigenvalue weighted by Crippen LogP contribution is -2.48. The zero-order chi connectivity index (χ0) is 14.5. The molecule has 3 aliphatic rings. The Hall–Kier alpha value is -0.560. The normalized spacial score (nSPS) is 29.6. The van der Waals surface area contributed by atoms with Gasteiger partial charge in [0.2, 0.25) is 0 Å². The molecule has 1 saturated carbocycles. The van der Waals surface area contributed by atoms with Gasteiger partial charge in [-0.05, 0) is 36.5 Å². The average Bonchev–Trinajstić information content (AvgIpc) is 2.27. The van der Waals surface area contributed by atoms with Crippen molar-refractivity contribution in [1.29, 1.82) is 0 Å². The van der Waals surface area contributed by atoms with Gasteiger partial charge in [0.1, 0.15) is 0 Å². The smallest absolute Gasteiger partial charge is 0.263 e. The fourth-order valence-corrected chi connectivity index (χ4v) is 3.53. The van der Waals surface area contributed by atoms with Crippen LogP contribution in [0.15, 0.2) is 11.6 Å². The quantitative estimate of drug-likeness (QED) is 0.454. The molecule has 3 rings (SSSR count). The zero-order valence-corrected chi connectivity index (χ0v) is 11.6. The van der Waals surface area contributed by atoms with Crippen LogP contribution in [0.4, 0.5) is 13.2 Å². The van der Waals surface area contributed by atoms with E-state index in [9.17, 15) is 21.6 Å². The van der Waals surface area contributed by atoms with E-state index in [4.69, 9.17) is 0 Å². The molecule has 0 aromatic carbocycles. The first-order chi connectivity index (χ1) is 8.56. The minimum absolute atomic E-state index is 0.174. The zero-order valence-electron chi connectivity index (χ0n) is 10.8. The maximum atomic E-state index is 12.1. The summed E-state index contributed by atoms with van der Waals surface area (Å²) >= 11 is 0. The maximum Gasteiger partial charge on any atom is 0.523 e. The Bertz CT molecular complexity index is 491. The summed E-state index contributed by atoms with van der Waals surface area (Å²) < 4.78 is 61.8. The Morgan fingerprint density at radius 2 is 2.05 bits per heavy atom. The molecule has 0 amide bonds. The van der Waals surface area contributed by atoms with Crippen molar-refractivity contribution in [1.82, 2.24) is 0 Å². The second kappa shape index (κ2) is 4.48. The van der Waals surface area contributed by atoms with Crippen molar-refractivity contribution >= 4 is 10.1 Å². The third-order valence-electron chi connectivity index (χ3n) is 4.50. The van der Waals surface area contributed by atoms with Crippen molar-refractivity contribution in [3.8, 4) is 0 Å². The lowest BCUT2D eigenvalue weighted by Gasteiger charge is -2.56. The Morgan fingerprint density at radius 1 is 1.42 bits per heavy atom. The summed E-state index contributed by atoms with van der Waals surface area (Å²) in [6.07, 6.45) is 4.24. The molecule has 0 saturated heterocycles. The molecule has 0 N–H and O–H groups in total. The molecule has 0 radical (unpaired) electrons. The minimum Gasteiger partial charge on any atom is -0.263 e. The molecular weight excluding hydrogens is 281 g/mol. The molecule has 19 heavy (non-hydrogen) atoms. The summed E-state index contributed by atoms with van der Waals surface area (Å²) in [7, 11) is -5.46. The van der Waals surface area contributed by atoms with Gasteiger partial charge in [0, 0.05) is 0 Å².